The Balaban J connectivity index is 1.45. The molecule has 40 heavy (non-hydrogen) atoms. The average Bonchev–Trinajstić information content (AvgIpc) is 3.61. The van der Waals surface area contributed by atoms with E-state index in [1.165, 1.54) is 64.7 Å². The Kier molecular flexibility index (Phi) is 3.84. The number of rotatable bonds is 1. The Morgan fingerprint density at radius 3 is 2.38 bits per heavy atom. The Morgan fingerprint density at radius 2 is 1.48 bits per heavy atom. The molecule has 1 aromatic heterocycles. The fourth-order valence-corrected chi connectivity index (χ4v) is 10.2. The minimum Gasteiger partial charge on any atom is -0.135 e. The highest BCUT2D eigenvalue weighted by Gasteiger charge is 2.60. The van der Waals surface area contributed by atoms with Crippen LogP contribution >= 0.6 is 11.3 Å². The second-order valence-corrected chi connectivity index (χ2v) is 13.2. The Bertz CT molecular complexity index is 2160. The largest absolute Gasteiger partial charge is 0.135 e. The normalized spacial score (nSPS) is 24.5. The number of thiophene rings is 1. The number of allylic oxidation sites excluding steroid dienone is 4. The summed E-state index contributed by atoms with van der Waals surface area (Å²) in [4.78, 5) is 0. The summed E-state index contributed by atoms with van der Waals surface area (Å²) in [5.41, 5.74) is 14.3. The number of fused-ring (bicyclic) bond motifs is 12. The first-order valence-electron chi connectivity index (χ1n) is 14.4. The molecule has 0 nitrogen and oxygen atoms in total. The predicted octanol–water partition coefficient (Wildman–Crippen LogP) is 10.0. The molecule has 1 heteroatoms. The molecule has 188 valence electrons. The highest BCUT2D eigenvalue weighted by molar-refractivity contribution is 7.25. The van der Waals surface area contributed by atoms with Gasteiger partial charge in [0, 0.05) is 31.5 Å². The number of hydrogen-bond acceptors (Lipinski definition) is 1. The van der Waals surface area contributed by atoms with Crippen molar-refractivity contribution in [2.75, 3.05) is 0 Å². The summed E-state index contributed by atoms with van der Waals surface area (Å²) in [6.45, 7) is 2.51. The van der Waals surface area contributed by atoms with Gasteiger partial charge in [-0.1, -0.05) is 103 Å². The van der Waals surface area contributed by atoms with Gasteiger partial charge in [-0.2, -0.15) is 0 Å². The van der Waals surface area contributed by atoms with Crippen LogP contribution in [0.5, 0.6) is 0 Å². The molecule has 1 heterocycles. The van der Waals surface area contributed by atoms with Crippen LogP contribution in [-0.2, 0) is 10.8 Å². The van der Waals surface area contributed by atoms with E-state index in [9.17, 15) is 0 Å². The molecule has 0 spiro atoms. The first-order chi connectivity index (χ1) is 19.7. The highest BCUT2D eigenvalue weighted by Crippen LogP contribution is 2.69. The summed E-state index contributed by atoms with van der Waals surface area (Å²) >= 11 is 1.93. The van der Waals surface area contributed by atoms with E-state index in [1.807, 2.05) is 11.3 Å². The van der Waals surface area contributed by atoms with Crippen LogP contribution in [0.1, 0.15) is 58.2 Å². The van der Waals surface area contributed by atoms with Crippen molar-refractivity contribution in [3.05, 3.63) is 166 Å². The van der Waals surface area contributed by atoms with E-state index in [1.54, 1.807) is 11.1 Å². The van der Waals surface area contributed by atoms with Crippen LogP contribution in [-0.4, -0.2) is 0 Å². The van der Waals surface area contributed by atoms with Crippen molar-refractivity contribution in [1.82, 2.24) is 0 Å². The second-order valence-electron chi connectivity index (χ2n) is 12.1. The molecule has 10 rings (SSSR count). The van der Waals surface area contributed by atoms with Gasteiger partial charge in [0.1, 0.15) is 0 Å². The molecule has 0 saturated carbocycles. The van der Waals surface area contributed by atoms with Gasteiger partial charge in [-0.05, 0) is 87.2 Å². The van der Waals surface area contributed by atoms with Crippen LogP contribution in [0, 0.1) is 0 Å². The SMILES string of the molecule is CC12C3=CC=CCC3c3ccc4c(c31)C(c1ccccc1)(c1cc3sc5ccccc5c3cc1-4)c1ccccc12. The minimum atomic E-state index is -0.334. The molecule has 0 fully saturated rings. The highest BCUT2D eigenvalue weighted by atomic mass is 32.1. The maximum atomic E-state index is 2.55. The zero-order valence-electron chi connectivity index (χ0n) is 22.2. The molecule has 0 saturated heterocycles. The number of benzene rings is 5. The first kappa shape index (κ1) is 21.6. The van der Waals surface area contributed by atoms with Crippen molar-refractivity contribution in [2.45, 2.75) is 30.1 Å². The van der Waals surface area contributed by atoms with Gasteiger partial charge < -0.3 is 0 Å². The van der Waals surface area contributed by atoms with Crippen molar-refractivity contribution in [2.24, 2.45) is 0 Å². The van der Waals surface area contributed by atoms with Gasteiger partial charge in [0.2, 0.25) is 0 Å². The lowest BCUT2D eigenvalue weighted by Gasteiger charge is -2.46. The van der Waals surface area contributed by atoms with Crippen LogP contribution in [0.3, 0.4) is 0 Å². The average molecular weight is 527 g/mol. The Morgan fingerprint density at radius 1 is 0.675 bits per heavy atom. The standard InChI is InChI=1S/C39H26S/c1-38-30-15-7-5-13-24(30)26-19-20-27-28-21-29-25-14-6-10-18-34(25)40-35(29)22-33(28)39(37(27)36(26)38,23-11-3-2-4-12-23)32-17-9-8-16-31(32)38/h2-12,14-22,24H,13H2,1H3. The molecular formula is C39H26S. The lowest BCUT2D eigenvalue weighted by Crippen LogP contribution is -2.41. The maximum Gasteiger partial charge on any atom is 0.0720 e. The topological polar surface area (TPSA) is 0 Å². The third-order valence-corrected chi connectivity index (χ3v) is 11.6. The van der Waals surface area contributed by atoms with Crippen molar-refractivity contribution >= 4 is 31.5 Å². The molecule has 3 unspecified atom stereocenters. The molecule has 0 amide bonds. The van der Waals surface area contributed by atoms with Gasteiger partial charge in [0.25, 0.3) is 0 Å². The zero-order valence-corrected chi connectivity index (χ0v) is 23.1. The van der Waals surface area contributed by atoms with Gasteiger partial charge in [0.15, 0.2) is 0 Å². The first-order valence-corrected chi connectivity index (χ1v) is 15.2. The molecule has 4 aliphatic carbocycles. The van der Waals surface area contributed by atoms with Crippen molar-refractivity contribution in [1.29, 1.82) is 0 Å². The predicted molar refractivity (Wildman–Crippen MR) is 168 cm³/mol. The molecule has 4 aliphatic rings. The van der Waals surface area contributed by atoms with Crippen LogP contribution in [0.4, 0.5) is 0 Å². The molecule has 0 bridgehead atoms. The minimum absolute atomic E-state index is 0.128. The molecule has 0 radical (unpaired) electrons. The van der Waals surface area contributed by atoms with E-state index < -0.39 is 0 Å². The molecule has 0 N–H and O–H groups in total. The molecular weight excluding hydrogens is 500 g/mol. The van der Waals surface area contributed by atoms with Crippen LogP contribution in [0.2, 0.25) is 0 Å². The smallest absolute Gasteiger partial charge is 0.0720 e. The quantitative estimate of drug-likeness (QED) is 0.200. The lowest BCUT2D eigenvalue weighted by atomic mass is 9.55. The molecule has 5 aromatic carbocycles. The molecule has 6 aromatic rings. The summed E-state index contributed by atoms with van der Waals surface area (Å²) in [5.74, 6) is 0.450. The van der Waals surface area contributed by atoms with E-state index in [0.717, 1.165) is 6.42 Å². The number of hydrogen-bond donors (Lipinski definition) is 0. The molecule has 0 aliphatic heterocycles. The summed E-state index contributed by atoms with van der Waals surface area (Å²) in [7, 11) is 0. The fourth-order valence-electron chi connectivity index (χ4n) is 9.04. The summed E-state index contributed by atoms with van der Waals surface area (Å²) in [6, 6.07) is 39.7. The Labute approximate surface area is 237 Å². The van der Waals surface area contributed by atoms with E-state index in [2.05, 4.69) is 128 Å². The summed E-state index contributed by atoms with van der Waals surface area (Å²) < 4.78 is 2.75. The van der Waals surface area contributed by atoms with Crippen LogP contribution in [0.25, 0.3) is 31.3 Å². The third kappa shape index (κ3) is 2.23. The maximum absolute atomic E-state index is 2.55. The van der Waals surface area contributed by atoms with Gasteiger partial charge in [-0.15, -0.1) is 11.3 Å². The van der Waals surface area contributed by atoms with Crippen molar-refractivity contribution in [3.63, 3.8) is 0 Å². The lowest BCUT2D eigenvalue weighted by molar-refractivity contribution is 0.590. The third-order valence-electron chi connectivity index (χ3n) is 10.5. The van der Waals surface area contributed by atoms with Crippen molar-refractivity contribution in [3.8, 4) is 11.1 Å². The van der Waals surface area contributed by atoms with E-state index in [4.69, 9.17) is 0 Å². The van der Waals surface area contributed by atoms with Crippen LogP contribution < -0.4 is 0 Å². The van der Waals surface area contributed by atoms with Crippen LogP contribution in [0.15, 0.2) is 127 Å². The Hall–Kier alpha value is -4.20. The van der Waals surface area contributed by atoms with Gasteiger partial charge in [0.05, 0.1) is 5.41 Å². The van der Waals surface area contributed by atoms with Gasteiger partial charge in [-0.3, -0.25) is 0 Å². The summed E-state index contributed by atoms with van der Waals surface area (Å²) in [6.07, 6.45) is 8.16. The molecule has 3 atom stereocenters. The van der Waals surface area contributed by atoms with E-state index in [-0.39, 0.29) is 10.8 Å². The van der Waals surface area contributed by atoms with Crippen molar-refractivity contribution < 1.29 is 0 Å². The van der Waals surface area contributed by atoms with Gasteiger partial charge in [-0.25, -0.2) is 0 Å². The van der Waals surface area contributed by atoms with Gasteiger partial charge >= 0.3 is 0 Å². The fraction of sp³-hybridized carbons (Fsp3) is 0.128. The zero-order chi connectivity index (χ0) is 26.2. The van der Waals surface area contributed by atoms with E-state index in [0.29, 0.717) is 5.92 Å². The van der Waals surface area contributed by atoms with E-state index >= 15 is 0 Å². The monoisotopic (exact) mass is 526 g/mol. The summed E-state index contributed by atoms with van der Waals surface area (Å²) in [5, 5.41) is 2.75. The second kappa shape index (κ2) is 7.11.